The lowest BCUT2D eigenvalue weighted by Gasteiger charge is -2.28. The van der Waals surface area contributed by atoms with Gasteiger partial charge in [0.2, 0.25) is 0 Å². The van der Waals surface area contributed by atoms with E-state index in [9.17, 15) is 4.79 Å². The summed E-state index contributed by atoms with van der Waals surface area (Å²) >= 11 is 0. The second kappa shape index (κ2) is 7.16. The second-order valence-corrected chi connectivity index (χ2v) is 8.16. The standard InChI is InChI=1S/C21H31NO2/c1-13(2)17-7-5-14(3)20(11-17)24-12-21(23)22-15(4)19-10-16-6-8-18(19)9-16/h5,7,11,13,15-16,18-19H,6,8-10,12H2,1-4H3,(H,22,23). The van der Waals surface area contributed by atoms with Gasteiger partial charge in [0.25, 0.3) is 5.91 Å². The minimum atomic E-state index is -0.000349. The molecule has 1 aromatic carbocycles. The zero-order valence-electron chi connectivity index (χ0n) is 15.5. The Bertz CT molecular complexity index is 596. The van der Waals surface area contributed by atoms with Crippen molar-refractivity contribution in [3.63, 3.8) is 0 Å². The zero-order valence-corrected chi connectivity index (χ0v) is 15.5. The molecule has 4 atom stereocenters. The van der Waals surface area contributed by atoms with Gasteiger partial charge in [-0.2, -0.15) is 0 Å². The van der Waals surface area contributed by atoms with Crippen molar-refractivity contribution >= 4 is 5.91 Å². The molecule has 3 nitrogen and oxygen atoms in total. The highest BCUT2D eigenvalue weighted by atomic mass is 16.5. The van der Waals surface area contributed by atoms with Crippen LogP contribution in [0, 0.1) is 24.7 Å². The average molecular weight is 329 g/mol. The van der Waals surface area contributed by atoms with E-state index in [0.29, 0.717) is 11.8 Å². The molecule has 132 valence electrons. The summed E-state index contributed by atoms with van der Waals surface area (Å²) in [7, 11) is 0. The number of carbonyl (C=O) groups is 1. The van der Waals surface area contributed by atoms with Crippen LogP contribution in [0.1, 0.15) is 63.5 Å². The van der Waals surface area contributed by atoms with Crippen LogP contribution in [0.4, 0.5) is 0 Å². The van der Waals surface area contributed by atoms with Gasteiger partial charge in [-0.15, -0.1) is 0 Å². The van der Waals surface area contributed by atoms with Crippen LogP contribution in [0.2, 0.25) is 0 Å². The molecule has 0 aromatic heterocycles. The molecule has 2 fully saturated rings. The molecule has 2 bridgehead atoms. The van der Waals surface area contributed by atoms with Crippen LogP contribution in [0.25, 0.3) is 0 Å². The minimum Gasteiger partial charge on any atom is -0.483 e. The number of carbonyl (C=O) groups excluding carboxylic acids is 1. The third-order valence-corrected chi connectivity index (χ3v) is 6.06. The van der Waals surface area contributed by atoms with Gasteiger partial charge in [0, 0.05) is 6.04 Å². The number of hydrogen-bond acceptors (Lipinski definition) is 2. The van der Waals surface area contributed by atoms with Gasteiger partial charge in [0.1, 0.15) is 5.75 Å². The van der Waals surface area contributed by atoms with Crippen molar-refractivity contribution in [3.05, 3.63) is 29.3 Å². The molecule has 1 amide bonds. The summed E-state index contributed by atoms with van der Waals surface area (Å²) in [6, 6.07) is 6.52. The fourth-order valence-corrected chi connectivity index (χ4v) is 4.58. The van der Waals surface area contributed by atoms with Crippen molar-refractivity contribution in [2.24, 2.45) is 17.8 Å². The van der Waals surface area contributed by atoms with Gasteiger partial charge >= 0.3 is 0 Å². The Morgan fingerprint density at radius 3 is 2.67 bits per heavy atom. The molecule has 4 unspecified atom stereocenters. The molecule has 0 heterocycles. The largest absolute Gasteiger partial charge is 0.483 e. The summed E-state index contributed by atoms with van der Waals surface area (Å²) in [4.78, 5) is 12.3. The van der Waals surface area contributed by atoms with E-state index in [4.69, 9.17) is 4.74 Å². The first-order chi connectivity index (χ1) is 11.4. The van der Waals surface area contributed by atoms with Crippen molar-refractivity contribution in [1.29, 1.82) is 0 Å². The monoisotopic (exact) mass is 329 g/mol. The molecule has 0 radical (unpaired) electrons. The van der Waals surface area contributed by atoms with E-state index in [-0.39, 0.29) is 18.6 Å². The topological polar surface area (TPSA) is 38.3 Å². The Morgan fingerprint density at radius 2 is 2.04 bits per heavy atom. The molecule has 3 rings (SSSR count). The number of nitrogens with one attached hydrogen (secondary N) is 1. The third kappa shape index (κ3) is 3.76. The van der Waals surface area contributed by atoms with Crippen molar-refractivity contribution in [2.45, 2.75) is 65.3 Å². The molecule has 0 saturated heterocycles. The lowest BCUT2D eigenvalue weighted by Crippen LogP contribution is -2.42. The molecule has 2 aliphatic rings. The van der Waals surface area contributed by atoms with Gasteiger partial charge in [-0.05, 0) is 74.0 Å². The fraction of sp³-hybridized carbons (Fsp3) is 0.667. The molecule has 0 spiro atoms. The Labute approximate surface area is 146 Å². The maximum Gasteiger partial charge on any atom is 0.258 e. The maximum atomic E-state index is 12.3. The Balaban J connectivity index is 1.51. The van der Waals surface area contributed by atoms with Crippen LogP contribution in [0.15, 0.2) is 18.2 Å². The first kappa shape index (κ1) is 17.3. The first-order valence-electron chi connectivity index (χ1n) is 9.46. The van der Waals surface area contributed by atoms with Crippen molar-refractivity contribution in [1.82, 2.24) is 5.32 Å². The summed E-state index contributed by atoms with van der Waals surface area (Å²) < 4.78 is 5.80. The molecule has 1 N–H and O–H groups in total. The van der Waals surface area contributed by atoms with E-state index in [1.54, 1.807) is 0 Å². The summed E-state index contributed by atoms with van der Waals surface area (Å²) in [5.74, 6) is 3.69. The van der Waals surface area contributed by atoms with E-state index in [1.807, 2.05) is 6.92 Å². The van der Waals surface area contributed by atoms with E-state index in [1.165, 1.54) is 31.2 Å². The molecule has 24 heavy (non-hydrogen) atoms. The summed E-state index contributed by atoms with van der Waals surface area (Å²) in [5.41, 5.74) is 2.32. The third-order valence-electron chi connectivity index (χ3n) is 6.06. The van der Waals surface area contributed by atoms with E-state index in [2.05, 4.69) is 44.3 Å². The lowest BCUT2D eigenvalue weighted by atomic mass is 9.84. The lowest BCUT2D eigenvalue weighted by molar-refractivity contribution is -0.124. The van der Waals surface area contributed by atoms with Crippen molar-refractivity contribution < 1.29 is 9.53 Å². The molecule has 2 saturated carbocycles. The molecule has 0 aliphatic heterocycles. The van der Waals surface area contributed by atoms with E-state index in [0.717, 1.165) is 23.1 Å². The van der Waals surface area contributed by atoms with E-state index < -0.39 is 0 Å². The molecule has 1 aromatic rings. The van der Waals surface area contributed by atoms with E-state index >= 15 is 0 Å². The number of hydrogen-bond donors (Lipinski definition) is 1. The number of rotatable bonds is 6. The average Bonchev–Trinajstić information content (AvgIpc) is 3.16. The predicted molar refractivity (Wildman–Crippen MR) is 97.3 cm³/mol. The highest BCUT2D eigenvalue weighted by Gasteiger charge is 2.42. The summed E-state index contributed by atoms with van der Waals surface area (Å²) in [5, 5.41) is 3.17. The highest BCUT2D eigenvalue weighted by molar-refractivity contribution is 5.77. The smallest absolute Gasteiger partial charge is 0.258 e. The molecule has 3 heteroatoms. The van der Waals surface area contributed by atoms with Crippen molar-refractivity contribution in [3.8, 4) is 5.75 Å². The second-order valence-electron chi connectivity index (χ2n) is 8.16. The molecule has 2 aliphatic carbocycles. The van der Waals surface area contributed by atoms with Crippen LogP contribution in [-0.4, -0.2) is 18.6 Å². The Kier molecular flexibility index (Phi) is 5.17. The van der Waals surface area contributed by atoms with Crippen LogP contribution >= 0.6 is 0 Å². The van der Waals surface area contributed by atoms with Gasteiger partial charge in [0.05, 0.1) is 0 Å². The quantitative estimate of drug-likeness (QED) is 0.838. The normalized spacial score (nSPS) is 26.6. The van der Waals surface area contributed by atoms with Crippen LogP contribution in [0.3, 0.4) is 0 Å². The highest BCUT2D eigenvalue weighted by Crippen LogP contribution is 2.49. The number of benzene rings is 1. The zero-order chi connectivity index (χ0) is 17.3. The minimum absolute atomic E-state index is 0.000349. The van der Waals surface area contributed by atoms with Gasteiger partial charge in [-0.1, -0.05) is 32.4 Å². The Morgan fingerprint density at radius 1 is 1.25 bits per heavy atom. The summed E-state index contributed by atoms with van der Waals surface area (Å²) in [6.45, 7) is 8.62. The van der Waals surface area contributed by atoms with Gasteiger partial charge in [-0.25, -0.2) is 0 Å². The van der Waals surface area contributed by atoms with Gasteiger partial charge in [0.15, 0.2) is 6.61 Å². The molecular weight excluding hydrogens is 298 g/mol. The van der Waals surface area contributed by atoms with Gasteiger partial charge in [-0.3, -0.25) is 4.79 Å². The first-order valence-corrected chi connectivity index (χ1v) is 9.46. The number of ether oxygens (including phenoxy) is 1. The van der Waals surface area contributed by atoms with Crippen LogP contribution in [-0.2, 0) is 4.79 Å². The SMILES string of the molecule is Cc1ccc(C(C)C)cc1OCC(=O)NC(C)C1CC2CCC1C2. The van der Waals surface area contributed by atoms with Crippen LogP contribution < -0.4 is 10.1 Å². The molecular formula is C21H31NO2. The van der Waals surface area contributed by atoms with Crippen molar-refractivity contribution in [2.75, 3.05) is 6.61 Å². The summed E-state index contributed by atoms with van der Waals surface area (Å²) in [6.07, 6.45) is 5.43. The number of amides is 1. The fourth-order valence-electron chi connectivity index (χ4n) is 4.58. The predicted octanol–water partition coefficient (Wildman–Crippen LogP) is 4.44. The Hall–Kier alpha value is -1.51. The van der Waals surface area contributed by atoms with Crippen LogP contribution in [0.5, 0.6) is 5.75 Å². The number of aryl methyl sites for hydroxylation is 1. The number of fused-ring (bicyclic) bond motifs is 2. The van der Waals surface area contributed by atoms with Gasteiger partial charge < -0.3 is 10.1 Å². The maximum absolute atomic E-state index is 12.3.